The lowest BCUT2D eigenvalue weighted by molar-refractivity contribution is -0.119. The summed E-state index contributed by atoms with van der Waals surface area (Å²) in [6.45, 7) is 2.94. The average molecular weight is 379 g/mol. The number of aliphatic hydroxyl groups excluding tert-OH is 1. The molecule has 0 saturated carbocycles. The third-order valence-corrected chi connectivity index (χ3v) is 5.99. The van der Waals surface area contributed by atoms with Gasteiger partial charge in [-0.3, -0.25) is 4.79 Å². The number of rotatable bonds is 12. The highest BCUT2D eigenvalue weighted by atomic mass is 32.2. The Labute approximate surface area is 162 Å². The van der Waals surface area contributed by atoms with Gasteiger partial charge >= 0.3 is 0 Å². The Balaban J connectivity index is 1.58. The number of carbonyl (C=O) groups is 1. The molecule has 0 spiro atoms. The van der Waals surface area contributed by atoms with Crippen LogP contribution in [0.15, 0.2) is 24.3 Å². The SMILES string of the molecule is CCCCCCSCCCCc1ccc(NC(=O)C2NCCC2O)cc1. The van der Waals surface area contributed by atoms with Crippen LogP contribution in [0.2, 0.25) is 0 Å². The molecule has 2 unspecified atom stereocenters. The molecule has 1 aliphatic heterocycles. The molecule has 2 rings (SSSR count). The summed E-state index contributed by atoms with van der Waals surface area (Å²) in [7, 11) is 0. The van der Waals surface area contributed by atoms with E-state index in [-0.39, 0.29) is 5.91 Å². The highest BCUT2D eigenvalue weighted by Gasteiger charge is 2.30. The fraction of sp³-hybridized carbons (Fsp3) is 0.667. The van der Waals surface area contributed by atoms with Gasteiger partial charge in [0.05, 0.1) is 6.10 Å². The number of carbonyl (C=O) groups excluding carboxylic acids is 1. The van der Waals surface area contributed by atoms with E-state index in [1.807, 2.05) is 12.1 Å². The topological polar surface area (TPSA) is 61.4 Å². The molecule has 4 nitrogen and oxygen atoms in total. The minimum atomic E-state index is -0.584. The summed E-state index contributed by atoms with van der Waals surface area (Å²) >= 11 is 2.09. The number of hydrogen-bond donors (Lipinski definition) is 3. The van der Waals surface area contributed by atoms with Crippen molar-refractivity contribution in [1.82, 2.24) is 5.32 Å². The van der Waals surface area contributed by atoms with E-state index in [9.17, 15) is 9.90 Å². The molecular formula is C21H34N2O2S. The minimum absolute atomic E-state index is 0.154. The largest absolute Gasteiger partial charge is 0.391 e. The third-order valence-electron chi connectivity index (χ3n) is 4.84. The Morgan fingerprint density at radius 3 is 2.54 bits per heavy atom. The van der Waals surface area contributed by atoms with Crippen LogP contribution in [0.1, 0.15) is 57.4 Å². The van der Waals surface area contributed by atoms with Crippen molar-refractivity contribution in [3.63, 3.8) is 0 Å². The van der Waals surface area contributed by atoms with Gasteiger partial charge < -0.3 is 15.7 Å². The summed E-state index contributed by atoms with van der Waals surface area (Å²) in [4.78, 5) is 12.1. The fourth-order valence-electron chi connectivity index (χ4n) is 3.20. The van der Waals surface area contributed by atoms with Crippen LogP contribution in [0.3, 0.4) is 0 Å². The van der Waals surface area contributed by atoms with Crippen molar-refractivity contribution in [1.29, 1.82) is 0 Å². The van der Waals surface area contributed by atoms with Gasteiger partial charge in [0, 0.05) is 5.69 Å². The number of thioether (sulfide) groups is 1. The first-order valence-electron chi connectivity index (χ1n) is 10.1. The van der Waals surface area contributed by atoms with Crippen LogP contribution in [-0.2, 0) is 11.2 Å². The van der Waals surface area contributed by atoms with Crippen molar-refractivity contribution < 1.29 is 9.90 Å². The smallest absolute Gasteiger partial charge is 0.244 e. The molecule has 0 bridgehead atoms. The highest BCUT2D eigenvalue weighted by molar-refractivity contribution is 7.99. The van der Waals surface area contributed by atoms with E-state index < -0.39 is 12.1 Å². The Bertz CT molecular complexity index is 521. The van der Waals surface area contributed by atoms with Gasteiger partial charge in [0.2, 0.25) is 5.91 Å². The van der Waals surface area contributed by atoms with E-state index >= 15 is 0 Å². The quantitative estimate of drug-likeness (QED) is 0.481. The Hall–Kier alpha value is -1.04. The Kier molecular flexibility index (Phi) is 10.1. The lowest BCUT2D eigenvalue weighted by Crippen LogP contribution is -2.42. The summed E-state index contributed by atoms with van der Waals surface area (Å²) in [5.74, 6) is 2.41. The molecule has 0 aliphatic carbocycles. The molecule has 3 N–H and O–H groups in total. The van der Waals surface area contributed by atoms with Crippen LogP contribution in [0.4, 0.5) is 5.69 Å². The molecule has 146 valence electrons. The molecular weight excluding hydrogens is 344 g/mol. The second-order valence-corrected chi connectivity index (χ2v) is 8.33. The van der Waals surface area contributed by atoms with Gasteiger partial charge in [-0.05, 0) is 67.9 Å². The van der Waals surface area contributed by atoms with Gasteiger partial charge in [0.15, 0.2) is 0 Å². The molecule has 0 aromatic heterocycles. The number of unbranched alkanes of at least 4 members (excludes halogenated alkanes) is 4. The van der Waals surface area contributed by atoms with E-state index in [1.54, 1.807) is 0 Å². The zero-order valence-corrected chi connectivity index (χ0v) is 16.8. The molecule has 1 fully saturated rings. The standard InChI is InChI=1S/C21H34N2O2S/c1-2-3-4-6-15-26-16-7-5-8-17-9-11-18(12-10-17)23-21(25)20-19(24)13-14-22-20/h9-12,19-20,22,24H,2-8,13-16H2,1H3,(H,23,25). The predicted octanol–water partition coefficient (Wildman–Crippen LogP) is 3.98. The van der Waals surface area contributed by atoms with Crippen molar-refractivity contribution >= 4 is 23.4 Å². The first-order chi connectivity index (χ1) is 12.7. The van der Waals surface area contributed by atoms with Crippen LogP contribution < -0.4 is 10.6 Å². The van der Waals surface area contributed by atoms with Gasteiger partial charge in [-0.25, -0.2) is 0 Å². The zero-order valence-electron chi connectivity index (χ0n) is 16.0. The zero-order chi connectivity index (χ0) is 18.6. The normalized spacial score (nSPS) is 19.6. The van der Waals surface area contributed by atoms with Gasteiger partial charge in [0.25, 0.3) is 0 Å². The monoisotopic (exact) mass is 378 g/mol. The van der Waals surface area contributed by atoms with Crippen molar-refractivity contribution in [2.75, 3.05) is 23.4 Å². The van der Waals surface area contributed by atoms with E-state index in [2.05, 4.69) is 41.5 Å². The third kappa shape index (κ3) is 7.68. The predicted molar refractivity (Wildman–Crippen MR) is 112 cm³/mol. The maximum Gasteiger partial charge on any atom is 0.244 e. The fourth-order valence-corrected chi connectivity index (χ4v) is 4.22. The summed E-state index contributed by atoms with van der Waals surface area (Å²) in [5.41, 5.74) is 2.11. The summed E-state index contributed by atoms with van der Waals surface area (Å²) < 4.78 is 0. The summed E-state index contributed by atoms with van der Waals surface area (Å²) in [5, 5.41) is 15.7. The minimum Gasteiger partial charge on any atom is -0.391 e. The van der Waals surface area contributed by atoms with E-state index in [0.717, 1.165) is 12.1 Å². The molecule has 1 amide bonds. The van der Waals surface area contributed by atoms with Crippen LogP contribution in [-0.4, -0.2) is 41.2 Å². The van der Waals surface area contributed by atoms with Gasteiger partial charge in [-0.2, -0.15) is 11.8 Å². The van der Waals surface area contributed by atoms with Gasteiger partial charge in [-0.15, -0.1) is 0 Å². The van der Waals surface area contributed by atoms with Gasteiger partial charge in [0.1, 0.15) is 6.04 Å². The Morgan fingerprint density at radius 1 is 1.15 bits per heavy atom. The number of hydrogen-bond acceptors (Lipinski definition) is 4. The molecule has 1 aliphatic rings. The number of nitrogens with one attached hydrogen (secondary N) is 2. The average Bonchev–Trinajstić information content (AvgIpc) is 3.08. The number of aliphatic hydroxyl groups is 1. The summed E-state index contributed by atoms with van der Waals surface area (Å²) in [6, 6.07) is 7.60. The molecule has 2 atom stereocenters. The number of amides is 1. The first-order valence-corrected chi connectivity index (χ1v) is 11.2. The summed E-state index contributed by atoms with van der Waals surface area (Å²) in [6.07, 6.45) is 9.04. The number of anilines is 1. The first kappa shape index (κ1) is 21.3. The molecule has 5 heteroatoms. The second kappa shape index (κ2) is 12.4. The molecule has 26 heavy (non-hydrogen) atoms. The van der Waals surface area contributed by atoms with Crippen LogP contribution in [0.25, 0.3) is 0 Å². The van der Waals surface area contributed by atoms with E-state index in [0.29, 0.717) is 13.0 Å². The van der Waals surface area contributed by atoms with Crippen LogP contribution in [0.5, 0.6) is 0 Å². The lowest BCUT2D eigenvalue weighted by atomic mass is 10.1. The molecule has 1 aromatic carbocycles. The van der Waals surface area contributed by atoms with Crippen molar-refractivity contribution in [2.24, 2.45) is 0 Å². The Morgan fingerprint density at radius 2 is 1.88 bits per heavy atom. The number of benzene rings is 1. The van der Waals surface area contributed by atoms with Crippen LogP contribution in [0, 0.1) is 0 Å². The van der Waals surface area contributed by atoms with E-state index in [1.165, 1.54) is 55.6 Å². The maximum absolute atomic E-state index is 12.1. The molecule has 1 saturated heterocycles. The van der Waals surface area contributed by atoms with Crippen molar-refractivity contribution in [3.05, 3.63) is 29.8 Å². The molecule has 1 heterocycles. The van der Waals surface area contributed by atoms with Crippen molar-refractivity contribution in [2.45, 2.75) is 70.4 Å². The number of aryl methyl sites for hydroxylation is 1. The highest BCUT2D eigenvalue weighted by Crippen LogP contribution is 2.15. The van der Waals surface area contributed by atoms with Crippen molar-refractivity contribution in [3.8, 4) is 0 Å². The molecule has 0 radical (unpaired) electrons. The second-order valence-electron chi connectivity index (χ2n) is 7.10. The van der Waals surface area contributed by atoms with Gasteiger partial charge in [-0.1, -0.05) is 38.3 Å². The maximum atomic E-state index is 12.1. The molecule has 1 aromatic rings. The van der Waals surface area contributed by atoms with E-state index in [4.69, 9.17) is 0 Å². The lowest BCUT2D eigenvalue weighted by Gasteiger charge is -2.14. The van der Waals surface area contributed by atoms with Crippen LogP contribution >= 0.6 is 11.8 Å².